The molecule has 15 heteroatoms. The lowest BCUT2D eigenvalue weighted by atomic mass is 9.77. The van der Waals surface area contributed by atoms with E-state index in [2.05, 4.69) is 4.98 Å². The molecule has 6 rings (SSSR count). The van der Waals surface area contributed by atoms with Gasteiger partial charge in [-0.2, -0.15) is 26.3 Å². The summed E-state index contributed by atoms with van der Waals surface area (Å²) in [6, 6.07) is 9.36. The number of piperidine rings is 2. The van der Waals surface area contributed by atoms with Crippen LogP contribution in [0.1, 0.15) is 103 Å². The van der Waals surface area contributed by atoms with E-state index in [4.69, 9.17) is 15.2 Å². The molecule has 2 atom stereocenters. The Balaban J connectivity index is 1.31. The molecule has 2 aliphatic heterocycles. The summed E-state index contributed by atoms with van der Waals surface area (Å²) >= 11 is 0.408. The number of hydrogen-bond acceptors (Lipinski definition) is 7. The van der Waals surface area contributed by atoms with Crippen molar-refractivity contribution in [2.45, 2.75) is 113 Å². The van der Waals surface area contributed by atoms with E-state index in [0.717, 1.165) is 66.6 Å². The highest BCUT2D eigenvalue weighted by atomic mass is 32.1. The van der Waals surface area contributed by atoms with E-state index in [0.29, 0.717) is 37.2 Å². The highest BCUT2D eigenvalue weighted by Crippen LogP contribution is 2.44. The number of nitrogens with two attached hydrogens (primary N) is 1. The summed E-state index contributed by atoms with van der Waals surface area (Å²) in [5.74, 6) is -1.79. The van der Waals surface area contributed by atoms with Crippen LogP contribution in [-0.4, -0.2) is 64.0 Å². The van der Waals surface area contributed by atoms with Gasteiger partial charge in [-0.25, -0.2) is 0 Å². The smallest absolute Gasteiger partial charge is 0.425 e. The van der Waals surface area contributed by atoms with Crippen LogP contribution in [0, 0.1) is 0 Å². The first kappa shape index (κ1) is 39.0. The molecule has 8 nitrogen and oxygen atoms in total. The fraction of sp³-hybridized carbons (Fsp3) is 0.553. The zero-order valence-electron chi connectivity index (χ0n) is 29.5. The van der Waals surface area contributed by atoms with E-state index in [1.807, 2.05) is 24.3 Å². The molecule has 3 aromatic rings. The fourth-order valence-corrected chi connectivity index (χ4v) is 8.79. The second kappa shape index (κ2) is 15.6. The van der Waals surface area contributed by atoms with Crippen molar-refractivity contribution in [3.63, 3.8) is 0 Å². The summed E-state index contributed by atoms with van der Waals surface area (Å²) in [4.78, 5) is 34.6. The first-order valence-corrected chi connectivity index (χ1v) is 19.0. The molecule has 2 amide bonds. The van der Waals surface area contributed by atoms with Crippen LogP contribution < -0.4 is 10.5 Å². The summed E-state index contributed by atoms with van der Waals surface area (Å²) in [7, 11) is 0. The van der Waals surface area contributed by atoms with Gasteiger partial charge in [0.1, 0.15) is 16.3 Å². The maximum atomic E-state index is 15.0. The minimum Gasteiger partial charge on any atom is -0.474 e. The standard InChI is InChI=1S/C38H44F6N4O4S/c1-2-9-30-36(52-27-22-31(53-24-27)38(42,43)44,15-8-19-48(30)33(49)32-29(37(39,40)41)14-7-18-46-32)34(50)47-20-16-35(45,17-21-47)28-13-6-3-10-25(28)23-51-26-11-4-5-12-26/h3,6-7,10,13-14,18,22,24,26,30H,2,4-5,8-9,11-12,15-17,19-21,23,45H2,1H3/t30-,36+/m1/s1. The number of rotatable bonds is 10. The Bertz CT molecular complexity index is 1750. The molecule has 1 saturated carbocycles. The van der Waals surface area contributed by atoms with Gasteiger partial charge in [0.2, 0.25) is 5.60 Å². The number of aromatic nitrogens is 1. The molecule has 3 fully saturated rings. The minimum absolute atomic E-state index is 0.00117. The van der Waals surface area contributed by atoms with E-state index in [9.17, 15) is 35.9 Å². The molecule has 1 aromatic carbocycles. The largest absolute Gasteiger partial charge is 0.474 e. The van der Waals surface area contributed by atoms with Crippen molar-refractivity contribution in [3.8, 4) is 5.75 Å². The number of carbonyl (C=O) groups is 2. The van der Waals surface area contributed by atoms with E-state index >= 15 is 0 Å². The summed E-state index contributed by atoms with van der Waals surface area (Å²) in [5.41, 5.74) is 4.22. The first-order valence-electron chi connectivity index (χ1n) is 18.1. The molecule has 0 unspecified atom stereocenters. The number of amides is 2. The Kier molecular flexibility index (Phi) is 11.5. The van der Waals surface area contributed by atoms with E-state index in [1.165, 1.54) is 4.90 Å². The average Bonchev–Trinajstić information content (AvgIpc) is 3.84. The van der Waals surface area contributed by atoms with Crippen molar-refractivity contribution in [2.75, 3.05) is 19.6 Å². The van der Waals surface area contributed by atoms with Gasteiger partial charge in [0.25, 0.3) is 11.8 Å². The molecular formula is C38H44F6N4O4S. The number of hydrogen-bond donors (Lipinski definition) is 1. The van der Waals surface area contributed by atoms with Crippen LogP contribution >= 0.6 is 11.3 Å². The van der Waals surface area contributed by atoms with Gasteiger partial charge in [-0.3, -0.25) is 14.6 Å². The maximum absolute atomic E-state index is 15.0. The number of carbonyl (C=O) groups excluding carboxylic acids is 2. The number of nitrogens with zero attached hydrogens (tertiary/aromatic N) is 3. The Labute approximate surface area is 308 Å². The number of ether oxygens (including phenoxy) is 2. The van der Waals surface area contributed by atoms with Crippen molar-refractivity contribution in [1.82, 2.24) is 14.8 Å². The van der Waals surface area contributed by atoms with Gasteiger partial charge < -0.3 is 25.0 Å². The van der Waals surface area contributed by atoms with E-state index in [1.54, 1.807) is 11.8 Å². The van der Waals surface area contributed by atoms with Gasteiger partial charge in [0.05, 0.1) is 24.3 Å². The summed E-state index contributed by atoms with van der Waals surface area (Å²) in [6.45, 7) is 2.56. The predicted octanol–water partition coefficient (Wildman–Crippen LogP) is 8.34. The van der Waals surface area contributed by atoms with Crippen LogP contribution in [-0.2, 0) is 34.0 Å². The molecule has 53 heavy (non-hydrogen) atoms. The molecule has 2 N–H and O–H groups in total. The number of thiophene rings is 1. The van der Waals surface area contributed by atoms with Crippen molar-refractivity contribution >= 4 is 23.2 Å². The van der Waals surface area contributed by atoms with Crippen LogP contribution in [0.15, 0.2) is 54.0 Å². The quantitative estimate of drug-likeness (QED) is 0.209. The van der Waals surface area contributed by atoms with Crippen LogP contribution in [0.3, 0.4) is 0 Å². The molecule has 2 aromatic heterocycles. The van der Waals surface area contributed by atoms with Crippen molar-refractivity contribution < 1.29 is 45.4 Å². The second-order valence-electron chi connectivity index (χ2n) is 14.3. The Morgan fingerprint density at radius 1 is 0.962 bits per heavy atom. The third-order valence-electron chi connectivity index (χ3n) is 10.8. The monoisotopic (exact) mass is 766 g/mol. The fourth-order valence-electron chi connectivity index (χ4n) is 8.12. The SMILES string of the molecule is CCC[C@H]1N(C(=O)c2ncccc2C(F)(F)F)CCC[C@@]1(Oc1csc(C(F)(F)F)c1)C(=O)N1CCC(N)(c2ccccc2COC2CCCC2)CC1. The third-order valence-corrected chi connectivity index (χ3v) is 11.7. The molecule has 3 aliphatic rings. The maximum Gasteiger partial charge on any atom is 0.425 e. The van der Waals surface area contributed by atoms with Gasteiger partial charge in [-0.1, -0.05) is 50.5 Å². The van der Waals surface area contributed by atoms with Gasteiger partial charge >= 0.3 is 12.4 Å². The molecule has 1 aliphatic carbocycles. The van der Waals surface area contributed by atoms with Crippen LogP contribution in [0.2, 0.25) is 0 Å². The highest BCUT2D eigenvalue weighted by Gasteiger charge is 2.56. The number of benzene rings is 1. The number of likely N-dealkylation sites (tertiary alicyclic amines) is 2. The number of pyridine rings is 1. The average molecular weight is 767 g/mol. The van der Waals surface area contributed by atoms with E-state index in [-0.39, 0.29) is 50.8 Å². The summed E-state index contributed by atoms with van der Waals surface area (Å²) < 4.78 is 95.8. The predicted molar refractivity (Wildman–Crippen MR) is 186 cm³/mol. The topological polar surface area (TPSA) is 98.0 Å². The molecule has 288 valence electrons. The lowest BCUT2D eigenvalue weighted by Crippen LogP contribution is -2.69. The van der Waals surface area contributed by atoms with Gasteiger partial charge in [-0.15, -0.1) is 11.3 Å². The summed E-state index contributed by atoms with van der Waals surface area (Å²) in [6.07, 6.45) is -2.52. The highest BCUT2D eigenvalue weighted by molar-refractivity contribution is 7.10. The van der Waals surface area contributed by atoms with Crippen molar-refractivity contribution in [1.29, 1.82) is 0 Å². The Morgan fingerprint density at radius 3 is 2.34 bits per heavy atom. The molecule has 0 radical (unpaired) electrons. The Hall–Kier alpha value is -3.69. The van der Waals surface area contributed by atoms with Crippen LogP contribution in [0.5, 0.6) is 5.75 Å². The van der Waals surface area contributed by atoms with Gasteiger partial charge in [0.15, 0.2) is 0 Å². The Morgan fingerprint density at radius 2 is 1.68 bits per heavy atom. The third kappa shape index (κ3) is 8.21. The van der Waals surface area contributed by atoms with Crippen molar-refractivity contribution in [2.24, 2.45) is 5.73 Å². The van der Waals surface area contributed by atoms with Gasteiger partial charge in [0, 0.05) is 49.2 Å². The minimum atomic E-state index is -4.88. The normalized spacial score (nSPS) is 22.6. The zero-order chi connectivity index (χ0) is 38.0. The molecule has 4 heterocycles. The molecule has 0 bridgehead atoms. The molecule has 0 spiro atoms. The second-order valence-corrected chi connectivity index (χ2v) is 15.2. The van der Waals surface area contributed by atoms with E-state index < -0.39 is 57.5 Å². The number of halogens is 6. The van der Waals surface area contributed by atoms with Crippen molar-refractivity contribution in [3.05, 3.63) is 81.3 Å². The molecular weight excluding hydrogens is 722 g/mol. The lowest BCUT2D eigenvalue weighted by molar-refractivity contribution is -0.161. The van der Waals surface area contributed by atoms with Gasteiger partial charge in [-0.05, 0) is 61.8 Å². The van der Waals surface area contributed by atoms with Crippen LogP contribution in [0.4, 0.5) is 26.3 Å². The zero-order valence-corrected chi connectivity index (χ0v) is 30.3. The molecule has 2 saturated heterocycles. The lowest BCUT2D eigenvalue weighted by Gasteiger charge is -2.51. The first-order chi connectivity index (χ1) is 25.2. The summed E-state index contributed by atoms with van der Waals surface area (Å²) in [5, 5.41) is 1.16. The van der Waals surface area contributed by atoms with Crippen LogP contribution in [0.25, 0.3) is 0 Å². The number of alkyl halides is 6.